The van der Waals surface area contributed by atoms with E-state index < -0.39 is 0 Å². The first-order chi connectivity index (χ1) is 11.2. The number of methoxy groups -OCH3 is 1. The second-order valence-electron chi connectivity index (χ2n) is 6.10. The van der Waals surface area contributed by atoms with Gasteiger partial charge >= 0.3 is 0 Å². The highest BCUT2D eigenvalue weighted by molar-refractivity contribution is 5.91. The molecular formula is C18H23N3O2. The molecule has 1 aliphatic carbocycles. The standard InChI is InChI=1S/C18H23N3O2/c1-3-10-21-13-14(12-20-21)11-19-17(22)18(8-9-18)15-4-6-16(23-2)7-5-15/h4-7,12-13H,3,8-11H2,1-2H3,(H,19,22). The summed E-state index contributed by atoms with van der Waals surface area (Å²) in [6.07, 6.45) is 6.67. The molecule has 0 bridgehead atoms. The van der Waals surface area contributed by atoms with Crippen molar-refractivity contribution in [2.24, 2.45) is 0 Å². The van der Waals surface area contributed by atoms with Crippen LogP contribution in [0.1, 0.15) is 37.3 Å². The van der Waals surface area contributed by atoms with Gasteiger partial charge in [0.2, 0.25) is 5.91 Å². The fourth-order valence-electron chi connectivity index (χ4n) is 2.88. The van der Waals surface area contributed by atoms with Gasteiger partial charge in [0.15, 0.2) is 0 Å². The average Bonchev–Trinajstić information content (AvgIpc) is 3.28. The van der Waals surface area contributed by atoms with E-state index in [1.165, 1.54) is 0 Å². The van der Waals surface area contributed by atoms with Crippen molar-refractivity contribution in [3.05, 3.63) is 47.8 Å². The molecule has 122 valence electrons. The van der Waals surface area contributed by atoms with Crippen molar-refractivity contribution in [1.82, 2.24) is 15.1 Å². The smallest absolute Gasteiger partial charge is 0.230 e. The number of aromatic nitrogens is 2. The van der Waals surface area contributed by atoms with Gasteiger partial charge in [0.25, 0.3) is 0 Å². The maximum atomic E-state index is 12.6. The second kappa shape index (κ2) is 6.44. The number of amides is 1. The Hall–Kier alpha value is -2.30. The molecule has 5 heteroatoms. The number of nitrogens with one attached hydrogen (secondary N) is 1. The molecule has 1 fully saturated rings. The highest BCUT2D eigenvalue weighted by Crippen LogP contribution is 2.48. The lowest BCUT2D eigenvalue weighted by Gasteiger charge is -2.16. The fourth-order valence-corrected chi connectivity index (χ4v) is 2.88. The largest absolute Gasteiger partial charge is 0.497 e. The zero-order valence-electron chi connectivity index (χ0n) is 13.7. The summed E-state index contributed by atoms with van der Waals surface area (Å²) in [7, 11) is 1.65. The van der Waals surface area contributed by atoms with Crippen molar-refractivity contribution < 1.29 is 9.53 Å². The number of rotatable bonds is 7. The number of nitrogens with zero attached hydrogens (tertiary/aromatic N) is 2. The first-order valence-corrected chi connectivity index (χ1v) is 8.12. The molecule has 23 heavy (non-hydrogen) atoms. The van der Waals surface area contributed by atoms with Crippen LogP contribution in [0.3, 0.4) is 0 Å². The summed E-state index contributed by atoms with van der Waals surface area (Å²) < 4.78 is 7.09. The van der Waals surface area contributed by atoms with E-state index in [1.54, 1.807) is 7.11 Å². The van der Waals surface area contributed by atoms with Gasteiger partial charge in [-0.3, -0.25) is 9.48 Å². The minimum atomic E-state index is -0.355. The second-order valence-corrected chi connectivity index (χ2v) is 6.10. The van der Waals surface area contributed by atoms with Gasteiger partial charge in [-0.05, 0) is 37.0 Å². The van der Waals surface area contributed by atoms with Crippen molar-refractivity contribution in [3.8, 4) is 5.75 Å². The SMILES string of the molecule is CCCn1cc(CNC(=O)C2(c3ccc(OC)cc3)CC2)cn1. The predicted molar refractivity (Wildman–Crippen MR) is 88.3 cm³/mol. The van der Waals surface area contributed by atoms with E-state index in [2.05, 4.69) is 17.3 Å². The van der Waals surface area contributed by atoms with E-state index in [0.717, 1.165) is 42.7 Å². The summed E-state index contributed by atoms with van der Waals surface area (Å²) in [4.78, 5) is 12.6. The van der Waals surface area contributed by atoms with Gasteiger partial charge in [0, 0.05) is 24.8 Å². The molecule has 0 aliphatic heterocycles. The van der Waals surface area contributed by atoms with Crippen molar-refractivity contribution in [2.75, 3.05) is 7.11 Å². The van der Waals surface area contributed by atoms with E-state index in [1.807, 2.05) is 41.3 Å². The maximum Gasteiger partial charge on any atom is 0.230 e. The molecule has 0 atom stereocenters. The number of carbonyl (C=O) groups excluding carboxylic acids is 1. The zero-order chi connectivity index (χ0) is 16.3. The molecule has 1 aromatic heterocycles. The minimum absolute atomic E-state index is 0.103. The molecule has 1 saturated carbocycles. The lowest BCUT2D eigenvalue weighted by Crippen LogP contribution is -2.34. The van der Waals surface area contributed by atoms with Gasteiger partial charge in [-0.15, -0.1) is 0 Å². The minimum Gasteiger partial charge on any atom is -0.497 e. The number of benzene rings is 1. The number of hydrogen-bond donors (Lipinski definition) is 1. The topological polar surface area (TPSA) is 56.2 Å². The van der Waals surface area contributed by atoms with Gasteiger partial charge in [0.1, 0.15) is 5.75 Å². The van der Waals surface area contributed by atoms with Crippen LogP contribution in [-0.4, -0.2) is 22.8 Å². The normalized spacial score (nSPS) is 15.2. The molecule has 1 aliphatic rings. The van der Waals surface area contributed by atoms with Crippen LogP contribution in [0.2, 0.25) is 0 Å². The number of ether oxygens (including phenoxy) is 1. The Kier molecular flexibility index (Phi) is 4.37. The van der Waals surface area contributed by atoms with E-state index in [4.69, 9.17) is 4.74 Å². The fraction of sp³-hybridized carbons (Fsp3) is 0.444. The summed E-state index contributed by atoms with van der Waals surface area (Å²) in [6.45, 7) is 3.55. The van der Waals surface area contributed by atoms with Crippen LogP contribution >= 0.6 is 0 Å². The van der Waals surface area contributed by atoms with Crippen LogP contribution in [0, 0.1) is 0 Å². The highest BCUT2D eigenvalue weighted by Gasteiger charge is 2.51. The van der Waals surface area contributed by atoms with E-state index in [0.29, 0.717) is 6.54 Å². The van der Waals surface area contributed by atoms with Gasteiger partial charge in [-0.1, -0.05) is 19.1 Å². The predicted octanol–water partition coefficient (Wildman–Crippen LogP) is 2.65. The summed E-state index contributed by atoms with van der Waals surface area (Å²) >= 11 is 0. The number of carbonyl (C=O) groups is 1. The Morgan fingerprint density at radius 2 is 2.09 bits per heavy atom. The molecule has 1 heterocycles. The van der Waals surface area contributed by atoms with Crippen LogP contribution < -0.4 is 10.1 Å². The molecule has 5 nitrogen and oxygen atoms in total. The van der Waals surface area contributed by atoms with Crippen molar-refractivity contribution in [2.45, 2.75) is 44.7 Å². The van der Waals surface area contributed by atoms with Gasteiger partial charge < -0.3 is 10.1 Å². The molecular weight excluding hydrogens is 290 g/mol. The molecule has 3 rings (SSSR count). The van der Waals surface area contributed by atoms with Crippen molar-refractivity contribution >= 4 is 5.91 Å². The Labute approximate surface area is 136 Å². The quantitative estimate of drug-likeness (QED) is 0.855. The summed E-state index contributed by atoms with van der Waals surface area (Å²) in [5.74, 6) is 0.916. The molecule has 2 aromatic rings. The van der Waals surface area contributed by atoms with Crippen LogP contribution in [0.5, 0.6) is 5.75 Å². The number of aryl methyl sites for hydroxylation is 1. The molecule has 1 aromatic carbocycles. The summed E-state index contributed by atoms with van der Waals surface area (Å²) in [5, 5.41) is 7.35. The Morgan fingerprint density at radius 3 is 2.70 bits per heavy atom. The monoisotopic (exact) mass is 313 g/mol. The van der Waals surface area contributed by atoms with Crippen LogP contribution in [0.4, 0.5) is 0 Å². The van der Waals surface area contributed by atoms with E-state index in [9.17, 15) is 4.79 Å². The molecule has 0 radical (unpaired) electrons. The van der Waals surface area contributed by atoms with Gasteiger partial charge in [-0.2, -0.15) is 5.10 Å². The zero-order valence-corrected chi connectivity index (χ0v) is 13.7. The Bertz CT molecular complexity index is 672. The third kappa shape index (κ3) is 3.23. The Balaban J connectivity index is 1.62. The van der Waals surface area contributed by atoms with E-state index in [-0.39, 0.29) is 11.3 Å². The molecule has 0 unspecified atom stereocenters. The highest BCUT2D eigenvalue weighted by atomic mass is 16.5. The van der Waals surface area contributed by atoms with Crippen molar-refractivity contribution in [3.63, 3.8) is 0 Å². The lowest BCUT2D eigenvalue weighted by molar-refractivity contribution is -0.123. The lowest BCUT2D eigenvalue weighted by atomic mass is 9.95. The molecule has 0 spiro atoms. The third-order valence-electron chi connectivity index (χ3n) is 4.42. The van der Waals surface area contributed by atoms with Crippen LogP contribution in [0.25, 0.3) is 0 Å². The molecule has 0 saturated heterocycles. The van der Waals surface area contributed by atoms with Gasteiger partial charge in [0.05, 0.1) is 18.7 Å². The summed E-state index contributed by atoms with van der Waals surface area (Å²) in [6, 6.07) is 7.81. The van der Waals surface area contributed by atoms with E-state index >= 15 is 0 Å². The molecule has 1 N–H and O–H groups in total. The maximum absolute atomic E-state index is 12.6. The number of hydrogen-bond acceptors (Lipinski definition) is 3. The average molecular weight is 313 g/mol. The Morgan fingerprint density at radius 1 is 1.35 bits per heavy atom. The van der Waals surface area contributed by atoms with Crippen LogP contribution in [-0.2, 0) is 23.3 Å². The third-order valence-corrected chi connectivity index (χ3v) is 4.42. The van der Waals surface area contributed by atoms with Crippen molar-refractivity contribution in [1.29, 1.82) is 0 Å². The van der Waals surface area contributed by atoms with Crippen LogP contribution in [0.15, 0.2) is 36.7 Å². The van der Waals surface area contributed by atoms with Gasteiger partial charge in [-0.25, -0.2) is 0 Å². The molecule has 1 amide bonds. The first kappa shape index (κ1) is 15.6. The first-order valence-electron chi connectivity index (χ1n) is 8.12. The summed E-state index contributed by atoms with van der Waals surface area (Å²) in [5.41, 5.74) is 1.75.